The minimum atomic E-state index is -0.965. The molecule has 0 bridgehead atoms. The summed E-state index contributed by atoms with van der Waals surface area (Å²) < 4.78 is 13.9. The van der Waals surface area contributed by atoms with Gasteiger partial charge in [0.1, 0.15) is 11.6 Å². The van der Waals surface area contributed by atoms with Crippen molar-refractivity contribution >= 4 is 16.7 Å². The summed E-state index contributed by atoms with van der Waals surface area (Å²) in [5.41, 5.74) is 3.97. The molecule has 1 aliphatic rings. The van der Waals surface area contributed by atoms with Crippen LogP contribution in [-0.4, -0.2) is 16.2 Å². The summed E-state index contributed by atoms with van der Waals surface area (Å²) in [6.45, 7) is 4.33. The van der Waals surface area contributed by atoms with Gasteiger partial charge in [0.25, 0.3) is 0 Å². The summed E-state index contributed by atoms with van der Waals surface area (Å²) in [6.07, 6.45) is 6.04. The highest BCUT2D eigenvalue weighted by atomic mass is 19.1. The second-order valence-electron chi connectivity index (χ2n) is 8.36. The number of carboxylic acids is 1. The van der Waals surface area contributed by atoms with Crippen molar-refractivity contribution in [1.29, 1.82) is 0 Å². The Balaban J connectivity index is 2.10. The Labute approximate surface area is 176 Å². The number of aromatic hydroxyl groups is 1. The molecule has 4 heteroatoms. The molecule has 0 fully saturated rings. The van der Waals surface area contributed by atoms with Gasteiger partial charge in [0.05, 0.1) is 5.56 Å². The number of carboxylic acid groups (broad SMARTS) is 1. The quantitative estimate of drug-likeness (QED) is 0.443. The van der Waals surface area contributed by atoms with Crippen LogP contribution in [0.4, 0.5) is 4.39 Å². The van der Waals surface area contributed by atoms with E-state index in [2.05, 4.69) is 13.8 Å². The van der Waals surface area contributed by atoms with Crippen LogP contribution in [-0.2, 0) is 5.41 Å². The van der Waals surface area contributed by atoms with E-state index < -0.39 is 11.8 Å². The molecular weight excluding hydrogens is 379 g/mol. The van der Waals surface area contributed by atoms with Crippen molar-refractivity contribution in [3.05, 3.63) is 65.0 Å². The van der Waals surface area contributed by atoms with Gasteiger partial charge in [-0.2, -0.15) is 0 Å². The number of hydrogen-bond donors (Lipinski definition) is 2. The molecule has 0 aliphatic heterocycles. The van der Waals surface area contributed by atoms with Crippen molar-refractivity contribution < 1.29 is 19.4 Å². The summed E-state index contributed by atoms with van der Waals surface area (Å²) in [5.74, 6) is -1.29. The zero-order valence-electron chi connectivity index (χ0n) is 17.5. The standard InChI is InChI=1S/C26H27FO3/c1-3-5-11-26(12-6-4-2)21-10-7-16(25(29)30)13-20(21)24-18-9-8-17(27)14-19(18)23(28)15-22(24)26/h7-10,13-15,28H,3-6,11-12H2,1-2H3,(H,29,30). The van der Waals surface area contributed by atoms with Crippen LogP contribution in [0, 0.1) is 5.82 Å². The molecule has 0 saturated carbocycles. The monoisotopic (exact) mass is 406 g/mol. The normalized spacial score (nSPS) is 14.0. The molecule has 0 heterocycles. The van der Waals surface area contributed by atoms with Crippen molar-refractivity contribution in [2.45, 2.75) is 57.8 Å². The Bertz CT molecular complexity index is 1120. The van der Waals surface area contributed by atoms with Gasteiger partial charge in [-0.25, -0.2) is 9.18 Å². The molecule has 3 aromatic carbocycles. The number of unbranched alkanes of at least 4 members (excludes halogenated alkanes) is 2. The molecule has 2 N–H and O–H groups in total. The van der Waals surface area contributed by atoms with Crippen LogP contribution in [0.3, 0.4) is 0 Å². The molecule has 0 amide bonds. The highest BCUT2D eigenvalue weighted by Gasteiger charge is 2.43. The molecule has 3 aromatic rings. The van der Waals surface area contributed by atoms with Gasteiger partial charge < -0.3 is 10.2 Å². The van der Waals surface area contributed by atoms with E-state index in [1.165, 1.54) is 12.1 Å². The summed E-state index contributed by atoms with van der Waals surface area (Å²) in [5, 5.41) is 21.6. The van der Waals surface area contributed by atoms with Gasteiger partial charge in [-0.1, -0.05) is 51.7 Å². The van der Waals surface area contributed by atoms with E-state index in [1.54, 1.807) is 24.3 Å². The first-order chi connectivity index (χ1) is 14.4. The predicted molar refractivity (Wildman–Crippen MR) is 118 cm³/mol. The summed E-state index contributed by atoms with van der Waals surface area (Å²) in [7, 11) is 0. The van der Waals surface area contributed by atoms with Crippen LogP contribution in [0.5, 0.6) is 5.75 Å². The largest absolute Gasteiger partial charge is 0.507 e. The van der Waals surface area contributed by atoms with Crippen LogP contribution in [0.1, 0.15) is 73.9 Å². The van der Waals surface area contributed by atoms with Gasteiger partial charge in [0, 0.05) is 10.8 Å². The van der Waals surface area contributed by atoms with Crippen LogP contribution in [0.2, 0.25) is 0 Å². The summed E-state index contributed by atoms with van der Waals surface area (Å²) in [6, 6.07) is 11.6. The number of benzene rings is 3. The number of phenolic OH excluding ortho intramolecular Hbond substituents is 1. The lowest BCUT2D eigenvalue weighted by atomic mass is 9.70. The number of fused-ring (bicyclic) bond motifs is 5. The van der Waals surface area contributed by atoms with Crippen molar-refractivity contribution in [1.82, 2.24) is 0 Å². The zero-order valence-corrected chi connectivity index (χ0v) is 17.5. The molecule has 3 nitrogen and oxygen atoms in total. The first-order valence-electron chi connectivity index (χ1n) is 10.8. The molecule has 30 heavy (non-hydrogen) atoms. The number of hydrogen-bond acceptors (Lipinski definition) is 2. The lowest BCUT2D eigenvalue weighted by Gasteiger charge is -2.33. The maximum absolute atomic E-state index is 13.9. The molecule has 0 aromatic heterocycles. The maximum Gasteiger partial charge on any atom is 0.335 e. The Kier molecular flexibility index (Phi) is 5.27. The van der Waals surface area contributed by atoms with Crippen molar-refractivity contribution in [2.75, 3.05) is 0 Å². The average Bonchev–Trinajstić information content (AvgIpc) is 3.00. The van der Waals surface area contributed by atoms with Gasteiger partial charge in [-0.15, -0.1) is 0 Å². The molecule has 1 aliphatic carbocycles. The summed E-state index contributed by atoms with van der Waals surface area (Å²) >= 11 is 0. The van der Waals surface area contributed by atoms with E-state index in [9.17, 15) is 19.4 Å². The van der Waals surface area contributed by atoms with E-state index in [1.807, 2.05) is 6.07 Å². The Morgan fingerprint density at radius 1 is 0.933 bits per heavy atom. The third kappa shape index (κ3) is 3.06. The molecular formula is C26H27FO3. The molecule has 0 atom stereocenters. The van der Waals surface area contributed by atoms with Gasteiger partial charge in [-0.3, -0.25) is 0 Å². The third-order valence-corrected chi connectivity index (χ3v) is 6.56. The fourth-order valence-corrected chi connectivity index (χ4v) is 5.11. The minimum Gasteiger partial charge on any atom is -0.507 e. The number of halogens is 1. The number of phenols is 1. The van der Waals surface area contributed by atoms with E-state index in [0.717, 1.165) is 66.2 Å². The Morgan fingerprint density at radius 2 is 1.63 bits per heavy atom. The summed E-state index contributed by atoms with van der Waals surface area (Å²) in [4.78, 5) is 11.7. The number of aromatic carboxylic acids is 1. The molecule has 0 radical (unpaired) electrons. The predicted octanol–water partition coefficient (Wildman–Crippen LogP) is 7.03. The average molecular weight is 406 g/mol. The fraction of sp³-hybridized carbons (Fsp3) is 0.346. The van der Waals surface area contributed by atoms with Gasteiger partial charge >= 0.3 is 5.97 Å². The van der Waals surface area contributed by atoms with Gasteiger partial charge in [0.15, 0.2) is 0 Å². The minimum absolute atomic E-state index is 0.0758. The lowest BCUT2D eigenvalue weighted by molar-refractivity contribution is 0.0697. The second kappa shape index (κ2) is 7.75. The number of rotatable bonds is 7. The highest BCUT2D eigenvalue weighted by molar-refractivity contribution is 6.06. The van der Waals surface area contributed by atoms with E-state index in [4.69, 9.17) is 0 Å². The topological polar surface area (TPSA) is 57.5 Å². The zero-order chi connectivity index (χ0) is 21.5. The molecule has 4 rings (SSSR count). The van der Waals surface area contributed by atoms with E-state index in [-0.39, 0.29) is 16.7 Å². The van der Waals surface area contributed by atoms with E-state index >= 15 is 0 Å². The van der Waals surface area contributed by atoms with Crippen molar-refractivity contribution in [2.24, 2.45) is 0 Å². The molecule has 156 valence electrons. The van der Waals surface area contributed by atoms with Crippen molar-refractivity contribution in [3.63, 3.8) is 0 Å². The first-order valence-corrected chi connectivity index (χ1v) is 10.8. The van der Waals surface area contributed by atoms with Crippen LogP contribution in [0.15, 0.2) is 42.5 Å². The Hall–Kier alpha value is -2.88. The maximum atomic E-state index is 13.9. The molecule has 0 unspecified atom stereocenters. The lowest BCUT2D eigenvalue weighted by Crippen LogP contribution is -2.25. The first kappa shape index (κ1) is 20.4. The second-order valence-corrected chi connectivity index (χ2v) is 8.36. The Morgan fingerprint density at radius 3 is 2.27 bits per heavy atom. The smallest absolute Gasteiger partial charge is 0.335 e. The third-order valence-electron chi connectivity index (χ3n) is 6.56. The van der Waals surface area contributed by atoms with E-state index in [0.29, 0.717) is 5.39 Å². The van der Waals surface area contributed by atoms with Gasteiger partial charge in [0.2, 0.25) is 0 Å². The van der Waals surface area contributed by atoms with Crippen LogP contribution >= 0.6 is 0 Å². The molecule has 0 spiro atoms. The SMILES string of the molecule is CCCCC1(CCCC)c2ccc(C(=O)O)cc2-c2c1cc(O)c1cc(F)ccc21. The molecule has 0 saturated heterocycles. The highest BCUT2D eigenvalue weighted by Crippen LogP contribution is 2.57. The van der Waals surface area contributed by atoms with Crippen LogP contribution < -0.4 is 0 Å². The van der Waals surface area contributed by atoms with Crippen LogP contribution in [0.25, 0.3) is 21.9 Å². The fourth-order valence-electron chi connectivity index (χ4n) is 5.11. The van der Waals surface area contributed by atoms with Crippen molar-refractivity contribution in [3.8, 4) is 16.9 Å². The number of carbonyl (C=O) groups is 1. The van der Waals surface area contributed by atoms with Gasteiger partial charge in [-0.05, 0) is 70.8 Å².